The second-order valence-electron chi connectivity index (χ2n) is 6.71. The van der Waals surface area contributed by atoms with Gasteiger partial charge >= 0.3 is 0 Å². The number of nitrogens with one attached hydrogen (secondary N) is 1. The number of amides is 1. The molecule has 0 saturated carbocycles. The van der Waals surface area contributed by atoms with Gasteiger partial charge in [0.25, 0.3) is 0 Å². The van der Waals surface area contributed by atoms with Gasteiger partial charge in [0, 0.05) is 21.7 Å². The third-order valence-corrected chi connectivity index (χ3v) is 6.78. The average molecular weight is 441 g/mol. The number of nitrogens with zero attached hydrogens (tertiary/aromatic N) is 3. The standard InChI is InChI=1S/C21H17ClN4OS2/c1-12(29-20-15(10-23)9-14-3-2-4-17(14)24-20)19(27)26-21-25-18(11-28-21)13-5-7-16(22)8-6-13/h5-9,11-12H,2-4H2,1H3,(H,25,26,27). The number of halogens is 1. The Morgan fingerprint density at radius 3 is 2.86 bits per heavy atom. The van der Waals surface area contributed by atoms with Crippen LogP contribution in [0.1, 0.15) is 30.2 Å². The maximum absolute atomic E-state index is 12.6. The SMILES string of the molecule is CC(Sc1nc2c(cc1C#N)CCC2)C(=O)Nc1nc(-c2ccc(Cl)cc2)cs1. The van der Waals surface area contributed by atoms with Crippen LogP contribution in [0.15, 0.2) is 40.7 Å². The van der Waals surface area contributed by atoms with Crippen molar-refractivity contribution in [1.82, 2.24) is 9.97 Å². The minimum absolute atomic E-state index is 0.168. The van der Waals surface area contributed by atoms with Crippen molar-refractivity contribution in [2.45, 2.75) is 36.5 Å². The fourth-order valence-electron chi connectivity index (χ4n) is 3.14. The van der Waals surface area contributed by atoms with E-state index in [1.807, 2.05) is 42.6 Å². The Labute approximate surface area is 182 Å². The number of pyridine rings is 1. The number of carbonyl (C=O) groups is 1. The zero-order valence-electron chi connectivity index (χ0n) is 15.6. The quantitative estimate of drug-likeness (QED) is 0.542. The van der Waals surface area contributed by atoms with Crippen LogP contribution < -0.4 is 5.32 Å². The van der Waals surface area contributed by atoms with Crippen LogP contribution in [0, 0.1) is 11.3 Å². The Balaban J connectivity index is 1.44. The fourth-order valence-corrected chi connectivity index (χ4v) is 4.88. The monoisotopic (exact) mass is 440 g/mol. The van der Waals surface area contributed by atoms with E-state index in [9.17, 15) is 10.1 Å². The summed E-state index contributed by atoms with van der Waals surface area (Å²) in [6.07, 6.45) is 2.97. The molecule has 1 unspecified atom stereocenters. The predicted octanol–water partition coefficient (Wildman–Crippen LogP) is 5.34. The van der Waals surface area contributed by atoms with Crippen LogP contribution in [0.5, 0.6) is 0 Å². The number of hydrogen-bond donors (Lipinski definition) is 1. The summed E-state index contributed by atoms with van der Waals surface area (Å²) < 4.78 is 0. The van der Waals surface area contributed by atoms with E-state index < -0.39 is 5.25 Å². The predicted molar refractivity (Wildman–Crippen MR) is 117 cm³/mol. The molecule has 3 aromatic rings. The molecule has 0 saturated heterocycles. The molecule has 1 N–H and O–H groups in total. The minimum Gasteiger partial charge on any atom is -0.301 e. The summed E-state index contributed by atoms with van der Waals surface area (Å²) in [6.45, 7) is 1.81. The number of thioether (sulfide) groups is 1. The van der Waals surface area contributed by atoms with Gasteiger partial charge in [0.1, 0.15) is 11.1 Å². The summed E-state index contributed by atoms with van der Waals surface area (Å²) >= 11 is 8.61. The number of carbonyl (C=O) groups excluding carboxylic acids is 1. The average Bonchev–Trinajstić information content (AvgIpc) is 3.36. The minimum atomic E-state index is -0.406. The van der Waals surface area contributed by atoms with Crippen molar-refractivity contribution in [3.63, 3.8) is 0 Å². The third kappa shape index (κ3) is 4.45. The molecule has 1 aliphatic carbocycles. The van der Waals surface area contributed by atoms with Gasteiger partial charge in [0.2, 0.25) is 5.91 Å². The molecule has 2 heterocycles. The summed E-state index contributed by atoms with van der Waals surface area (Å²) in [5.74, 6) is -0.168. The number of thiazole rings is 1. The highest BCUT2D eigenvalue weighted by Gasteiger charge is 2.22. The molecular weight excluding hydrogens is 424 g/mol. The molecule has 0 aliphatic heterocycles. The topological polar surface area (TPSA) is 78.7 Å². The lowest BCUT2D eigenvalue weighted by Crippen LogP contribution is -2.22. The molecule has 1 amide bonds. The van der Waals surface area contributed by atoms with Crippen LogP contribution >= 0.6 is 34.7 Å². The molecule has 0 radical (unpaired) electrons. The van der Waals surface area contributed by atoms with Gasteiger partial charge in [-0.15, -0.1) is 11.3 Å². The molecule has 8 heteroatoms. The molecule has 29 heavy (non-hydrogen) atoms. The number of nitriles is 1. The number of rotatable bonds is 5. The second-order valence-corrected chi connectivity index (χ2v) is 9.33. The van der Waals surface area contributed by atoms with Crippen LogP contribution in [0.4, 0.5) is 5.13 Å². The van der Waals surface area contributed by atoms with Crippen LogP contribution in [0.3, 0.4) is 0 Å². The van der Waals surface area contributed by atoms with Crippen LogP contribution in [0.2, 0.25) is 5.02 Å². The van der Waals surface area contributed by atoms with Crippen molar-refractivity contribution >= 4 is 45.7 Å². The molecule has 2 aromatic heterocycles. The van der Waals surface area contributed by atoms with Crippen LogP contribution in [0.25, 0.3) is 11.3 Å². The lowest BCUT2D eigenvalue weighted by Gasteiger charge is -2.12. The van der Waals surface area contributed by atoms with E-state index in [1.165, 1.54) is 23.1 Å². The lowest BCUT2D eigenvalue weighted by atomic mass is 10.2. The molecule has 0 spiro atoms. The van der Waals surface area contributed by atoms with Gasteiger partial charge in [-0.2, -0.15) is 5.26 Å². The maximum atomic E-state index is 12.6. The van der Waals surface area contributed by atoms with Gasteiger partial charge in [-0.05, 0) is 49.9 Å². The summed E-state index contributed by atoms with van der Waals surface area (Å²) in [6, 6.07) is 11.5. The van der Waals surface area contributed by atoms with E-state index >= 15 is 0 Å². The van der Waals surface area contributed by atoms with Gasteiger partial charge in [-0.3, -0.25) is 4.79 Å². The zero-order valence-corrected chi connectivity index (χ0v) is 18.0. The normalized spacial score (nSPS) is 13.6. The fraction of sp³-hybridized carbons (Fsp3) is 0.238. The highest BCUT2D eigenvalue weighted by Crippen LogP contribution is 2.31. The molecular formula is C21H17ClN4OS2. The van der Waals surface area contributed by atoms with Crippen molar-refractivity contribution < 1.29 is 4.79 Å². The Morgan fingerprint density at radius 2 is 2.10 bits per heavy atom. The number of hydrogen-bond acceptors (Lipinski definition) is 6. The van der Waals surface area contributed by atoms with Crippen LogP contribution in [-0.4, -0.2) is 21.1 Å². The van der Waals surface area contributed by atoms with E-state index in [0.717, 1.165) is 41.8 Å². The van der Waals surface area contributed by atoms with Gasteiger partial charge in [-0.25, -0.2) is 9.97 Å². The first-order valence-electron chi connectivity index (χ1n) is 9.15. The molecule has 4 rings (SSSR count). The Bertz CT molecular complexity index is 1100. The van der Waals surface area contributed by atoms with Crippen molar-refractivity contribution in [2.75, 3.05) is 5.32 Å². The molecule has 0 fully saturated rings. The van der Waals surface area contributed by atoms with Crippen molar-refractivity contribution in [1.29, 1.82) is 5.26 Å². The first-order valence-corrected chi connectivity index (χ1v) is 11.3. The molecule has 1 atom stereocenters. The van der Waals surface area contributed by atoms with Crippen molar-refractivity contribution in [3.8, 4) is 17.3 Å². The van der Waals surface area contributed by atoms with Crippen molar-refractivity contribution in [2.24, 2.45) is 0 Å². The first-order chi connectivity index (χ1) is 14.0. The lowest BCUT2D eigenvalue weighted by molar-refractivity contribution is -0.115. The summed E-state index contributed by atoms with van der Waals surface area (Å²) in [5.41, 5.74) is 4.46. The van der Waals surface area contributed by atoms with Crippen molar-refractivity contribution in [3.05, 3.63) is 57.6 Å². The van der Waals surface area contributed by atoms with Gasteiger partial charge in [0.15, 0.2) is 5.13 Å². The highest BCUT2D eigenvalue weighted by atomic mass is 35.5. The molecule has 1 aliphatic rings. The van der Waals surface area contributed by atoms with E-state index in [2.05, 4.69) is 21.4 Å². The number of anilines is 1. The maximum Gasteiger partial charge on any atom is 0.239 e. The van der Waals surface area contributed by atoms with Crippen LogP contribution in [-0.2, 0) is 17.6 Å². The Kier molecular flexibility index (Phi) is 5.86. The summed E-state index contributed by atoms with van der Waals surface area (Å²) in [5, 5.41) is 15.6. The number of benzene rings is 1. The number of aromatic nitrogens is 2. The van der Waals surface area contributed by atoms with E-state index in [-0.39, 0.29) is 5.91 Å². The van der Waals surface area contributed by atoms with Gasteiger partial charge < -0.3 is 5.32 Å². The third-order valence-electron chi connectivity index (χ3n) is 4.67. The molecule has 5 nitrogen and oxygen atoms in total. The van der Waals surface area contributed by atoms with Gasteiger partial charge in [0.05, 0.1) is 16.5 Å². The largest absolute Gasteiger partial charge is 0.301 e. The van der Waals surface area contributed by atoms with E-state index in [1.54, 1.807) is 0 Å². The van der Waals surface area contributed by atoms with E-state index in [0.29, 0.717) is 20.7 Å². The Morgan fingerprint density at radius 1 is 1.31 bits per heavy atom. The number of aryl methyl sites for hydroxylation is 2. The summed E-state index contributed by atoms with van der Waals surface area (Å²) in [4.78, 5) is 21.8. The molecule has 0 bridgehead atoms. The highest BCUT2D eigenvalue weighted by molar-refractivity contribution is 8.00. The summed E-state index contributed by atoms with van der Waals surface area (Å²) in [7, 11) is 0. The smallest absolute Gasteiger partial charge is 0.239 e. The second kappa shape index (κ2) is 8.54. The molecule has 1 aromatic carbocycles. The zero-order chi connectivity index (χ0) is 20.4. The number of fused-ring (bicyclic) bond motifs is 1. The Hall–Kier alpha value is -2.40. The van der Waals surface area contributed by atoms with Gasteiger partial charge in [-0.1, -0.05) is 35.5 Å². The molecule has 146 valence electrons. The first kappa shape index (κ1) is 19.9. The van der Waals surface area contributed by atoms with E-state index in [4.69, 9.17) is 11.6 Å².